The van der Waals surface area contributed by atoms with E-state index in [2.05, 4.69) is 29.4 Å². The fourth-order valence-corrected chi connectivity index (χ4v) is 1.95. The highest BCUT2D eigenvalue weighted by atomic mass is 15.5. The molecule has 2 N–H and O–H groups in total. The molecule has 0 radical (unpaired) electrons. The molecule has 90 valence electrons. The highest BCUT2D eigenvalue weighted by Gasteiger charge is 2.16. The molecule has 0 aliphatic carbocycles. The molecule has 2 rings (SSSR count). The molecule has 0 aliphatic heterocycles. The van der Waals surface area contributed by atoms with Crippen molar-refractivity contribution in [3.8, 4) is 11.4 Å². The Morgan fingerprint density at radius 1 is 1.24 bits per heavy atom. The van der Waals surface area contributed by atoms with Crippen LogP contribution in [-0.2, 0) is 0 Å². The van der Waals surface area contributed by atoms with Crippen LogP contribution in [0.2, 0.25) is 0 Å². The van der Waals surface area contributed by atoms with Gasteiger partial charge in [-0.15, -0.1) is 5.10 Å². The van der Waals surface area contributed by atoms with E-state index in [4.69, 9.17) is 5.73 Å². The highest BCUT2D eigenvalue weighted by Crippen LogP contribution is 2.26. The van der Waals surface area contributed by atoms with Crippen molar-refractivity contribution in [3.63, 3.8) is 0 Å². The zero-order valence-corrected chi connectivity index (χ0v) is 10.2. The van der Waals surface area contributed by atoms with Gasteiger partial charge in [0.25, 0.3) is 0 Å². The van der Waals surface area contributed by atoms with Crippen LogP contribution in [0.1, 0.15) is 32.7 Å². The van der Waals surface area contributed by atoms with Gasteiger partial charge < -0.3 is 5.73 Å². The average Bonchev–Trinajstić information content (AvgIpc) is 2.80. The van der Waals surface area contributed by atoms with E-state index in [1.54, 1.807) is 0 Å². The van der Waals surface area contributed by atoms with Crippen molar-refractivity contribution in [2.75, 3.05) is 5.73 Å². The predicted octanol–water partition coefficient (Wildman–Crippen LogP) is 2.28. The highest BCUT2D eigenvalue weighted by molar-refractivity contribution is 5.71. The van der Waals surface area contributed by atoms with Crippen LogP contribution in [0.15, 0.2) is 24.3 Å². The second-order valence-electron chi connectivity index (χ2n) is 4.00. The molecule has 0 spiro atoms. The first-order chi connectivity index (χ1) is 8.27. The summed E-state index contributed by atoms with van der Waals surface area (Å²) >= 11 is 0. The van der Waals surface area contributed by atoms with E-state index >= 15 is 0 Å². The van der Waals surface area contributed by atoms with Crippen molar-refractivity contribution in [2.24, 2.45) is 0 Å². The number of nitrogens with two attached hydrogens (primary N) is 1. The number of nitrogen functional groups attached to an aromatic ring is 1. The summed E-state index contributed by atoms with van der Waals surface area (Å²) in [6.07, 6.45) is 2.00. The fraction of sp³-hybridized carbons (Fsp3) is 0.417. The Balaban J connectivity index is 2.47. The lowest BCUT2D eigenvalue weighted by Crippen LogP contribution is -2.11. The summed E-state index contributed by atoms with van der Waals surface area (Å²) in [6, 6.07) is 7.97. The van der Waals surface area contributed by atoms with Crippen LogP contribution in [0.5, 0.6) is 0 Å². The van der Waals surface area contributed by atoms with E-state index in [0.29, 0.717) is 11.7 Å². The summed E-state index contributed by atoms with van der Waals surface area (Å²) in [4.78, 5) is 0. The van der Waals surface area contributed by atoms with E-state index in [1.807, 2.05) is 28.9 Å². The van der Waals surface area contributed by atoms with Crippen LogP contribution in [0, 0.1) is 0 Å². The molecule has 0 atom stereocenters. The summed E-state index contributed by atoms with van der Waals surface area (Å²) in [6.45, 7) is 4.27. The Bertz CT molecular complexity index is 487. The van der Waals surface area contributed by atoms with Crippen molar-refractivity contribution in [1.29, 1.82) is 0 Å². The van der Waals surface area contributed by atoms with Crippen LogP contribution in [-0.4, -0.2) is 20.2 Å². The molecule has 5 nitrogen and oxygen atoms in total. The van der Waals surface area contributed by atoms with Gasteiger partial charge in [-0.05, 0) is 35.4 Å². The van der Waals surface area contributed by atoms with Gasteiger partial charge in [0.15, 0.2) is 5.82 Å². The molecule has 0 amide bonds. The molecule has 0 saturated heterocycles. The van der Waals surface area contributed by atoms with E-state index < -0.39 is 0 Å². The number of hydrogen-bond acceptors (Lipinski definition) is 4. The smallest absolute Gasteiger partial charge is 0.184 e. The normalized spacial score (nSPS) is 11.0. The molecule has 2 aromatic rings. The van der Waals surface area contributed by atoms with E-state index in [1.165, 1.54) is 0 Å². The predicted molar refractivity (Wildman–Crippen MR) is 67.3 cm³/mol. The van der Waals surface area contributed by atoms with Crippen molar-refractivity contribution in [1.82, 2.24) is 20.2 Å². The third kappa shape index (κ3) is 2.13. The fourth-order valence-electron chi connectivity index (χ4n) is 1.95. The molecule has 0 fully saturated rings. The van der Waals surface area contributed by atoms with Gasteiger partial charge in [0.2, 0.25) is 0 Å². The van der Waals surface area contributed by atoms with Gasteiger partial charge in [-0.3, -0.25) is 0 Å². The third-order valence-electron chi connectivity index (χ3n) is 2.98. The number of benzene rings is 1. The summed E-state index contributed by atoms with van der Waals surface area (Å²) < 4.78 is 1.87. The molecule has 0 aliphatic rings. The van der Waals surface area contributed by atoms with Crippen molar-refractivity contribution in [2.45, 2.75) is 32.7 Å². The molecule has 1 heterocycles. The topological polar surface area (TPSA) is 69.6 Å². The molecule has 1 aromatic carbocycles. The second-order valence-corrected chi connectivity index (χ2v) is 4.00. The number of hydrogen-bond donors (Lipinski definition) is 1. The number of nitrogens with zero attached hydrogens (tertiary/aromatic N) is 4. The number of aromatic nitrogens is 4. The number of anilines is 1. The number of tetrazole rings is 1. The van der Waals surface area contributed by atoms with Gasteiger partial charge >= 0.3 is 0 Å². The van der Waals surface area contributed by atoms with Gasteiger partial charge in [0.05, 0.1) is 6.04 Å². The zero-order valence-electron chi connectivity index (χ0n) is 10.2. The quantitative estimate of drug-likeness (QED) is 0.819. The Kier molecular flexibility index (Phi) is 3.37. The summed E-state index contributed by atoms with van der Waals surface area (Å²) in [5.74, 6) is 0.747. The van der Waals surface area contributed by atoms with Gasteiger partial charge in [-0.25, -0.2) is 4.68 Å². The van der Waals surface area contributed by atoms with Crippen LogP contribution in [0.4, 0.5) is 5.69 Å². The van der Waals surface area contributed by atoms with E-state index in [9.17, 15) is 0 Å². The SMILES string of the molecule is CCC(CC)n1nnnc1-c1ccccc1N. The van der Waals surface area contributed by atoms with Gasteiger partial charge in [0.1, 0.15) is 0 Å². The van der Waals surface area contributed by atoms with Crippen LogP contribution < -0.4 is 5.73 Å². The summed E-state index contributed by atoms with van der Waals surface area (Å²) in [5, 5.41) is 11.9. The molecular weight excluding hydrogens is 214 g/mol. The van der Waals surface area contributed by atoms with Crippen molar-refractivity contribution >= 4 is 5.69 Å². The third-order valence-corrected chi connectivity index (χ3v) is 2.98. The average molecular weight is 231 g/mol. The number of rotatable bonds is 4. The maximum atomic E-state index is 5.95. The minimum atomic E-state index is 0.319. The molecule has 1 aromatic heterocycles. The number of para-hydroxylation sites is 1. The lowest BCUT2D eigenvalue weighted by atomic mass is 10.1. The largest absolute Gasteiger partial charge is 0.398 e. The van der Waals surface area contributed by atoms with E-state index in [-0.39, 0.29) is 0 Å². The van der Waals surface area contributed by atoms with Crippen LogP contribution >= 0.6 is 0 Å². The van der Waals surface area contributed by atoms with Crippen molar-refractivity contribution < 1.29 is 0 Å². The first kappa shape index (κ1) is 11.6. The Morgan fingerprint density at radius 2 is 1.94 bits per heavy atom. The van der Waals surface area contributed by atoms with Crippen LogP contribution in [0.25, 0.3) is 11.4 Å². The lowest BCUT2D eigenvalue weighted by Gasteiger charge is -2.14. The second kappa shape index (κ2) is 4.95. The summed E-state index contributed by atoms with van der Waals surface area (Å²) in [7, 11) is 0. The summed E-state index contributed by atoms with van der Waals surface area (Å²) in [5.41, 5.74) is 7.55. The zero-order chi connectivity index (χ0) is 12.3. The van der Waals surface area contributed by atoms with Crippen LogP contribution in [0.3, 0.4) is 0 Å². The monoisotopic (exact) mass is 231 g/mol. The standard InChI is InChI=1S/C12H17N5/c1-3-9(4-2)17-12(14-15-16-17)10-7-5-6-8-11(10)13/h5-9H,3-4,13H2,1-2H3. The molecule has 5 heteroatoms. The Labute approximate surface area is 101 Å². The minimum absolute atomic E-state index is 0.319. The molecule has 0 bridgehead atoms. The molecular formula is C12H17N5. The Hall–Kier alpha value is -1.91. The first-order valence-electron chi connectivity index (χ1n) is 5.90. The van der Waals surface area contributed by atoms with Gasteiger partial charge in [-0.2, -0.15) is 0 Å². The molecule has 0 unspecified atom stereocenters. The first-order valence-corrected chi connectivity index (χ1v) is 5.90. The van der Waals surface area contributed by atoms with Gasteiger partial charge in [-0.1, -0.05) is 26.0 Å². The maximum absolute atomic E-state index is 5.95. The van der Waals surface area contributed by atoms with Crippen molar-refractivity contribution in [3.05, 3.63) is 24.3 Å². The molecule has 0 saturated carbocycles. The van der Waals surface area contributed by atoms with E-state index in [0.717, 1.165) is 24.2 Å². The van der Waals surface area contributed by atoms with Gasteiger partial charge in [0, 0.05) is 11.3 Å². The maximum Gasteiger partial charge on any atom is 0.184 e. The Morgan fingerprint density at radius 3 is 2.59 bits per heavy atom. The lowest BCUT2D eigenvalue weighted by molar-refractivity contribution is 0.422. The molecule has 17 heavy (non-hydrogen) atoms. The minimum Gasteiger partial charge on any atom is -0.398 e.